The lowest BCUT2D eigenvalue weighted by Crippen LogP contribution is -2.28. The number of anilines is 2. The molecular weight excluding hydrogens is 399 g/mol. The lowest BCUT2D eigenvalue weighted by molar-refractivity contribution is -0.122. The number of benzene rings is 2. The average molecular weight is 412 g/mol. The number of hydrogen-bond donors (Lipinski definition) is 1. The Hall–Kier alpha value is -1.92. The molecule has 1 atom stereocenters. The van der Waals surface area contributed by atoms with Gasteiger partial charge in [-0.3, -0.25) is 9.59 Å². The molecule has 1 fully saturated rings. The Bertz CT molecular complexity index is 815. The van der Waals surface area contributed by atoms with Gasteiger partial charge in [0.2, 0.25) is 11.8 Å². The van der Waals surface area contributed by atoms with E-state index in [1.807, 2.05) is 24.3 Å². The Balaban J connectivity index is 1.73. The second kappa shape index (κ2) is 6.91. The highest BCUT2D eigenvalue weighted by Gasteiger charge is 2.35. The Kier molecular flexibility index (Phi) is 4.87. The molecule has 7 heteroatoms. The van der Waals surface area contributed by atoms with Crippen LogP contribution in [0.4, 0.5) is 15.8 Å². The van der Waals surface area contributed by atoms with Crippen molar-refractivity contribution in [1.29, 1.82) is 0 Å². The molecule has 1 unspecified atom stereocenters. The van der Waals surface area contributed by atoms with E-state index in [2.05, 4.69) is 21.2 Å². The van der Waals surface area contributed by atoms with Gasteiger partial charge >= 0.3 is 0 Å². The predicted molar refractivity (Wildman–Crippen MR) is 94.6 cm³/mol. The molecule has 124 valence electrons. The molecule has 1 N–H and O–H groups in total. The summed E-state index contributed by atoms with van der Waals surface area (Å²) in [7, 11) is 0. The zero-order valence-electron chi connectivity index (χ0n) is 12.4. The number of carbonyl (C=O) groups excluding carboxylic acids is 2. The fourth-order valence-corrected chi connectivity index (χ4v) is 3.33. The smallest absolute Gasteiger partial charge is 0.229 e. The van der Waals surface area contributed by atoms with E-state index in [1.54, 1.807) is 4.90 Å². The quantitative estimate of drug-likeness (QED) is 0.821. The SMILES string of the molecule is O=C(Nc1ccc(F)cc1Cl)C1CC(=O)N(c2ccccc2Br)C1. The number of hydrogen-bond acceptors (Lipinski definition) is 2. The first-order chi connectivity index (χ1) is 11.5. The minimum Gasteiger partial charge on any atom is -0.324 e. The van der Waals surface area contributed by atoms with Crippen LogP contribution in [0.25, 0.3) is 0 Å². The molecule has 0 bridgehead atoms. The van der Waals surface area contributed by atoms with Crippen molar-refractivity contribution in [2.24, 2.45) is 5.92 Å². The number of halogens is 3. The molecular formula is C17H13BrClFN2O2. The third-order valence-corrected chi connectivity index (χ3v) is 4.81. The molecule has 1 saturated heterocycles. The van der Waals surface area contributed by atoms with Crippen LogP contribution in [0, 0.1) is 11.7 Å². The van der Waals surface area contributed by atoms with Gasteiger partial charge in [-0.1, -0.05) is 23.7 Å². The summed E-state index contributed by atoms with van der Waals surface area (Å²) in [6.45, 7) is 0.284. The molecule has 0 aromatic heterocycles. The molecule has 4 nitrogen and oxygen atoms in total. The van der Waals surface area contributed by atoms with Gasteiger partial charge in [-0.05, 0) is 46.3 Å². The van der Waals surface area contributed by atoms with E-state index in [0.29, 0.717) is 5.69 Å². The van der Waals surface area contributed by atoms with Gasteiger partial charge in [0, 0.05) is 17.4 Å². The van der Waals surface area contributed by atoms with Crippen LogP contribution in [0.1, 0.15) is 6.42 Å². The highest BCUT2D eigenvalue weighted by Crippen LogP contribution is 2.32. The fraction of sp³-hybridized carbons (Fsp3) is 0.176. The van der Waals surface area contributed by atoms with Crippen molar-refractivity contribution < 1.29 is 14.0 Å². The van der Waals surface area contributed by atoms with E-state index in [9.17, 15) is 14.0 Å². The minimum absolute atomic E-state index is 0.117. The second-order valence-corrected chi connectivity index (χ2v) is 6.73. The van der Waals surface area contributed by atoms with Crippen LogP contribution in [0.5, 0.6) is 0 Å². The zero-order chi connectivity index (χ0) is 17.3. The number of para-hydroxylation sites is 1. The summed E-state index contributed by atoms with van der Waals surface area (Å²) in [5, 5.41) is 2.78. The molecule has 2 aromatic rings. The molecule has 0 radical (unpaired) electrons. The van der Waals surface area contributed by atoms with Crippen molar-refractivity contribution in [1.82, 2.24) is 0 Å². The summed E-state index contributed by atoms with van der Waals surface area (Å²) < 4.78 is 13.9. The number of rotatable bonds is 3. The molecule has 1 aliphatic rings. The van der Waals surface area contributed by atoms with Crippen LogP contribution in [0.3, 0.4) is 0 Å². The number of amides is 2. The lowest BCUT2D eigenvalue weighted by atomic mass is 10.1. The van der Waals surface area contributed by atoms with Gasteiger partial charge < -0.3 is 10.2 Å². The largest absolute Gasteiger partial charge is 0.324 e. The Morgan fingerprint density at radius 1 is 1.29 bits per heavy atom. The summed E-state index contributed by atoms with van der Waals surface area (Å²) >= 11 is 9.33. The van der Waals surface area contributed by atoms with Crippen molar-refractivity contribution in [3.8, 4) is 0 Å². The average Bonchev–Trinajstić information content (AvgIpc) is 2.92. The van der Waals surface area contributed by atoms with E-state index in [-0.39, 0.29) is 29.8 Å². The van der Waals surface area contributed by atoms with E-state index in [0.717, 1.165) is 16.2 Å². The summed E-state index contributed by atoms with van der Waals surface area (Å²) in [4.78, 5) is 26.2. The van der Waals surface area contributed by atoms with Crippen molar-refractivity contribution in [2.45, 2.75) is 6.42 Å². The molecule has 1 aliphatic heterocycles. The molecule has 0 spiro atoms. The number of nitrogens with zero attached hydrogens (tertiary/aromatic N) is 1. The first-order valence-corrected chi connectivity index (χ1v) is 8.43. The van der Waals surface area contributed by atoms with Gasteiger partial charge in [-0.15, -0.1) is 0 Å². The fourth-order valence-electron chi connectivity index (χ4n) is 2.61. The number of nitrogens with one attached hydrogen (secondary N) is 1. The van der Waals surface area contributed by atoms with E-state index >= 15 is 0 Å². The molecule has 3 rings (SSSR count). The van der Waals surface area contributed by atoms with Crippen LogP contribution >= 0.6 is 27.5 Å². The van der Waals surface area contributed by atoms with Crippen molar-refractivity contribution >= 4 is 50.7 Å². The van der Waals surface area contributed by atoms with Crippen LogP contribution in [-0.4, -0.2) is 18.4 Å². The first-order valence-electron chi connectivity index (χ1n) is 7.26. The van der Waals surface area contributed by atoms with Crippen molar-refractivity contribution in [3.63, 3.8) is 0 Å². The second-order valence-electron chi connectivity index (χ2n) is 5.47. The van der Waals surface area contributed by atoms with E-state index < -0.39 is 11.7 Å². The normalized spacial score (nSPS) is 17.2. The molecule has 1 heterocycles. The van der Waals surface area contributed by atoms with E-state index in [1.165, 1.54) is 12.1 Å². The maximum Gasteiger partial charge on any atom is 0.229 e. The van der Waals surface area contributed by atoms with Gasteiger partial charge in [0.25, 0.3) is 0 Å². The Morgan fingerprint density at radius 3 is 2.75 bits per heavy atom. The minimum atomic E-state index is -0.495. The third-order valence-electron chi connectivity index (χ3n) is 3.83. The van der Waals surface area contributed by atoms with Crippen LogP contribution in [0.2, 0.25) is 5.02 Å². The molecule has 0 saturated carbocycles. The molecule has 0 aliphatic carbocycles. The topological polar surface area (TPSA) is 49.4 Å². The maximum absolute atomic E-state index is 13.1. The molecule has 2 aromatic carbocycles. The molecule has 2 amide bonds. The van der Waals surface area contributed by atoms with Crippen LogP contribution < -0.4 is 10.2 Å². The van der Waals surface area contributed by atoms with Gasteiger partial charge in [0.15, 0.2) is 0 Å². The third kappa shape index (κ3) is 3.44. The predicted octanol–water partition coefficient (Wildman–Crippen LogP) is 4.23. The highest BCUT2D eigenvalue weighted by molar-refractivity contribution is 9.10. The van der Waals surface area contributed by atoms with Gasteiger partial charge in [0.05, 0.1) is 22.3 Å². The monoisotopic (exact) mass is 410 g/mol. The maximum atomic E-state index is 13.1. The van der Waals surface area contributed by atoms with Gasteiger partial charge in [-0.2, -0.15) is 0 Å². The summed E-state index contributed by atoms with van der Waals surface area (Å²) in [5.74, 6) is -1.40. The van der Waals surface area contributed by atoms with Gasteiger partial charge in [0.1, 0.15) is 5.82 Å². The lowest BCUT2D eigenvalue weighted by Gasteiger charge is -2.18. The number of carbonyl (C=O) groups is 2. The summed E-state index contributed by atoms with van der Waals surface area (Å²) in [6, 6.07) is 11.1. The Morgan fingerprint density at radius 2 is 2.04 bits per heavy atom. The van der Waals surface area contributed by atoms with Crippen LogP contribution in [-0.2, 0) is 9.59 Å². The highest BCUT2D eigenvalue weighted by atomic mass is 79.9. The van der Waals surface area contributed by atoms with Crippen LogP contribution in [0.15, 0.2) is 46.9 Å². The Labute approximate surface area is 151 Å². The summed E-state index contributed by atoms with van der Waals surface area (Å²) in [5.41, 5.74) is 1.06. The van der Waals surface area contributed by atoms with Crippen molar-refractivity contribution in [2.75, 3.05) is 16.8 Å². The summed E-state index contributed by atoms with van der Waals surface area (Å²) in [6.07, 6.45) is 0.117. The van der Waals surface area contributed by atoms with E-state index in [4.69, 9.17) is 11.6 Å². The standard InChI is InChI=1S/C17H13BrClFN2O2/c18-12-3-1-2-4-15(12)22-9-10(7-16(22)23)17(24)21-14-6-5-11(20)8-13(14)19/h1-6,8,10H,7,9H2,(H,21,24). The molecule has 24 heavy (non-hydrogen) atoms. The van der Waals surface area contributed by atoms with Gasteiger partial charge in [-0.25, -0.2) is 4.39 Å². The van der Waals surface area contributed by atoms with Crippen molar-refractivity contribution in [3.05, 3.63) is 57.8 Å². The zero-order valence-corrected chi connectivity index (χ0v) is 14.8. The first kappa shape index (κ1) is 16.9.